The van der Waals surface area contributed by atoms with Crippen molar-refractivity contribution in [3.05, 3.63) is 68.7 Å². The zero-order chi connectivity index (χ0) is 15.7. The van der Waals surface area contributed by atoms with Gasteiger partial charge in [0.1, 0.15) is 0 Å². The molecule has 1 aliphatic rings. The molecule has 0 radical (unpaired) electrons. The van der Waals surface area contributed by atoms with Gasteiger partial charge in [0.05, 0.1) is 10.0 Å². The highest BCUT2D eigenvalue weighted by molar-refractivity contribution is 6.42. The van der Waals surface area contributed by atoms with E-state index in [1.165, 1.54) is 16.7 Å². The molecule has 0 spiro atoms. The third kappa shape index (κ3) is 3.00. The summed E-state index contributed by atoms with van der Waals surface area (Å²) in [4.78, 5) is 0. The van der Waals surface area contributed by atoms with Crippen molar-refractivity contribution >= 4 is 34.8 Å². The van der Waals surface area contributed by atoms with Gasteiger partial charge in [-0.2, -0.15) is 0 Å². The molecule has 0 heterocycles. The van der Waals surface area contributed by atoms with Crippen LogP contribution in [0.2, 0.25) is 10.0 Å². The van der Waals surface area contributed by atoms with Gasteiger partial charge in [0.15, 0.2) is 0 Å². The third-order valence-electron chi connectivity index (χ3n) is 4.49. The number of alkyl halides is 1. The van der Waals surface area contributed by atoms with E-state index in [2.05, 4.69) is 29.6 Å². The first kappa shape index (κ1) is 16.1. The second-order valence-electron chi connectivity index (χ2n) is 5.74. The number of benzene rings is 2. The Morgan fingerprint density at radius 2 is 1.82 bits per heavy atom. The molecule has 0 amide bonds. The predicted octanol–water partition coefficient (Wildman–Crippen LogP) is 5.92. The monoisotopic (exact) mass is 353 g/mol. The summed E-state index contributed by atoms with van der Waals surface area (Å²) in [5, 5.41) is 4.64. The lowest BCUT2D eigenvalue weighted by Gasteiger charge is -2.32. The van der Waals surface area contributed by atoms with Crippen molar-refractivity contribution in [2.75, 3.05) is 7.05 Å². The van der Waals surface area contributed by atoms with Crippen molar-refractivity contribution in [3.8, 4) is 0 Å². The second-order valence-corrected chi connectivity index (χ2v) is 6.82. The van der Waals surface area contributed by atoms with Crippen LogP contribution in [0.5, 0.6) is 0 Å². The van der Waals surface area contributed by atoms with E-state index in [-0.39, 0.29) is 0 Å². The normalized spacial score (nSPS) is 20.7. The zero-order valence-electron chi connectivity index (χ0n) is 12.4. The summed E-state index contributed by atoms with van der Waals surface area (Å²) in [5.74, 6) is 0.903. The van der Waals surface area contributed by atoms with Crippen molar-refractivity contribution in [2.45, 2.75) is 30.7 Å². The Bertz CT molecular complexity index is 684. The number of halogens is 3. The van der Waals surface area contributed by atoms with Gasteiger partial charge in [0.2, 0.25) is 0 Å². The largest absolute Gasteiger partial charge is 0.313 e. The van der Waals surface area contributed by atoms with Crippen LogP contribution < -0.4 is 5.32 Å². The number of fused-ring (bicyclic) bond motifs is 1. The number of rotatable bonds is 3. The van der Waals surface area contributed by atoms with Crippen LogP contribution in [0.4, 0.5) is 0 Å². The molecular weight excluding hydrogens is 337 g/mol. The Morgan fingerprint density at radius 1 is 1.00 bits per heavy atom. The minimum atomic E-state index is 0.360. The average Bonchev–Trinajstić information content (AvgIpc) is 2.55. The molecule has 116 valence electrons. The summed E-state index contributed by atoms with van der Waals surface area (Å²) in [6.45, 7) is 0. The van der Waals surface area contributed by atoms with Gasteiger partial charge in [0.25, 0.3) is 0 Å². The van der Waals surface area contributed by atoms with E-state index in [1.807, 2.05) is 19.2 Å². The molecule has 2 aromatic rings. The molecule has 0 unspecified atom stereocenters. The van der Waals surface area contributed by atoms with Crippen LogP contribution in [0.3, 0.4) is 0 Å². The third-order valence-corrected chi connectivity index (χ3v) is 5.54. The maximum atomic E-state index is 6.20. The van der Waals surface area contributed by atoms with Crippen molar-refractivity contribution in [3.63, 3.8) is 0 Å². The van der Waals surface area contributed by atoms with E-state index in [9.17, 15) is 0 Å². The number of hydrogen-bond donors (Lipinski definition) is 1. The quantitative estimate of drug-likeness (QED) is 0.675. The molecule has 4 heteroatoms. The van der Waals surface area contributed by atoms with Gasteiger partial charge >= 0.3 is 0 Å². The maximum absolute atomic E-state index is 6.20. The van der Waals surface area contributed by atoms with Crippen molar-refractivity contribution in [2.24, 2.45) is 0 Å². The lowest BCUT2D eigenvalue weighted by atomic mass is 9.76. The molecule has 2 atom stereocenters. The van der Waals surface area contributed by atoms with Crippen LogP contribution in [-0.4, -0.2) is 7.05 Å². The van der Waals surface area contributed by atoms with Gasteiger partial charge in [-0.25, -0.2) is 0 Å². The molecule has 2 aromatic carbocycles. The molecule has 0 aromatic heterocycles. The average molecular weight is 355 g/mol. The Kier molecular flexibility index (Phi) is 4.99. The first-order chi connectivity index (χ1) is 10.6. The second kappa shape index (κ2) is 6.80. The maximum Gasteiger partial charge on any atom is 0.0595 e. The van der Waals surface area contributed by atoms with Crippen LogP contribution in [-0.2, 0) is 5.88 Å². The summed E-state index contributed by atoms with van der Waals surface area (Å²) in [6.07, 6.45) is 2.19. The first-order valence-electron chi connectivity index (χ1n) is 7.45. The molecule has 0 fully saturated rings. The van der Waals surface area contributed by atoms with Gasteiger partial charge in [-0.3, -0.25) is 0 Å². The molecule has 1 aliphatic carbocycles. The van der Waals surface area contributed by atoms with Crippen molar-refractivity contribution < 1.29 is 0 Å². The zero-order valence-corrected chi connectivity index (χ0v) is 14.6. The minimum absolute atomic E-state index is 0.360. The number of hydrogen-bond acceptors (Lipinski definition) is 1. The van der Waals surface area contributed by atoms with E-state index < -0.39 is 0 Å². The molecule has 22 heavy (non-hydrogen) atoms. The molecule has 3 rings (SSSR count). The first-order valence-corrected chi connectivity index (χ1v) is 8.74. The van der Waals surface area contributed by atoms with E-state index in [0.717, 1.165) is 18.4 Å². The van der Waals surface area contributed by atoms with E-state index in [1.54, 1.807) is 0 Å². The topological polar surface area (TPSA) is 12.0 Å². The summed E-state index contributed by atoms with van der Waals surface area (Å²) >= 11 is 18.2. The lowest BCUT2D eigenvalue weighted by molar-refractivity contribution is 0.470. The summed E-state index contributed by atoms with van der Waals surface area (Å²) in [6, 6.07) is 12.9. The van der Waals surface area contributed by atoms with Gasteiger partial charge < -0.3 is 5.32 Å². The fourth-order valence-electron chi connectivity index (χ4n) is 3.35. The lowest BCUT2D eigenvalue weighted by Crippen LogP contribution is -2.24. The fraction of sp³-hybridized carbons (Fsp3) is 0.333. The fourth-order valence-corrected chi connectivity index (χ4v) is 3.82. The molecule has 0 saturated heterocycles. The molecule has 1 nitrogen and oxygen atoms in total. The molecule has 0 bridgehead atoms. The van der Waals surface area contributed by atoms with Gasteiger partial charge in [-0.1, -0.05) is 47.5 Å². The SMILES string of the molecule is CN[C@H]1CC[C@@H](c2ccc(Cl)c(Cl)c2)c2ccc(CCl)cc21. The Labute approximate surface area is 146 Å². The highest BCUT2D eigenvalue weighted by atomic mass is 35.5. The molecule has 1 N–H and O–H groups in total. The standard InChI is InChI=1S/C18H18Cl3N/c1-22-18-7-5-13(12-3-6-16(20)17(21)9-12)14-4-2-11(10-19)8-15(14)18/h2-4,6,8-9,13,18,22H,5,7,10H2,1H3/t13-,18-/m0/s1. The minimum Gasteiger partial charge on any atom is -0.313 e. The van der Waals surface area contributed by atoms with Crippen molar-refractivity contribution in [1.29, 1.82) is 0 Å². The summed E-state index contributed by atoms with van der Waals surface area (Å²) in [7, 11) is 2.02. The summed E-state index contributed by atoms with van der Waals surface area (Å²) in [5.41, 5.74) is 5.10. The van der Waals surface area contributed by atoms with Gasteiger partial charge in [-0.15, -0.1) is 11.6 Å². The van der Waals surface area contributed by atoms with Crippen LogP contribution in [0, 0.1) is 0 Å². The van der Waals surface area contributed by atoms with Gasteiger partial charge in [-0.05, 0) is 54.3 Å². The smallest absolute Gasteiger partial charge is 0.0595 e. The Hall–Kier alpha value is -0.730. The predicted molar refractivity (Wildman–Crippen MR) is 95.3 cm³/mol. The van der Waals surface area contributed by atoms with Gasteiger partial charge in [0, 0.05) is 17.8 Å². The van der Waals surface area contributed by atoms with E-state index in [4.69, 9.17) is 34.8 Å². The van der Waals surface area contributed by atoms with Crippen LogP contribution in [0.25, 0.3) is 0 Å². The van der Waals surface area contributed by atoms with Crippen LogP contribution in [0.1, 0.15) is 47.1 Å². The summed E-state index contributed by atoms with van der Waals surface area (Å²) < 4.78 is 0. The van der Waals surface area contributed by atoms with Crippen molar-refractivity contribution in [1.82, 2.24) is 5.32 Å². The molecule has 0 saturated carbocycles. The molecule has 0 aliphatic heterocycles. The number of nitrogens with one attached hydrogen (secondary N) is 1. The highest BCUT2D eigenvalue weighted by Gasteiger charge is 2.27. The molecular formula is C18H18Cl3N. The highest BCUT2D eigenvalue weighted by Crippen LogP contribution is 2.42. The van der Waals surface area contributed by atoms with Crippen LogP contribution in [0.15, 0.2) is 36.4 Å². The van der Waals surface area contributed by atoms with Crippen LogP contribution >= 0.6 is 34.8 Å². The Balaban J connectivity index is 2.06. The van der Waals surface area contributed by atoms with E-state index in [0.29, 0.717) is 27.9 Å². The van der Waals surface area contributed by atoms with E-state index >= 15 is 0 Å². The Morgan fingerprint density at radius 3 is 2.50 bits per heavy atom.